The Morgan fingerprint density at radius 2 is 1.17 bits per heavy atom. The summed E-state index contributed by atoms with van der Waals surface area (Å²) in [6, 6.07) is 31.0. The first kappa shape index (κ1) is 14.2. The number of allylic oxidation sites excluding steroid dienone is 1. The summed E-state index contributed by atoms with van der Waals surface area (Å²) in [5, 5.41) is 4.52. The molecule has 3 aromatic rings. The average Bonchev–Trinajstić information content (AvgIpc) is 2.94. The molecule has 0 nitrogen and oxygen atoms in total. The van der Waals surface area contributed by atoms with Crippen molar-refractivity contribution in [3.05, 3.63) is 102 Å². The normalized spacial score (nSPS) is 13.5. The van der Waals surface area contributed by atoms with Crippen LogP contribution in [0.4, 0.5) is 0 Å². The molecule has 0 fully saturated rings. The smallest absolute Gasteiger partial charge is 0.0685 e. The van der Waals surface area contributed by atoms with E-state index in [0.29, 0.717) is 0 Å². The molecule has 0 aliphatic heterocycles. The Hall–Kier alpha value is -2.38. The third-order valence-corrected chi connectivity index (χ3v) is 7.56. The van der Waals surface area contributed by atoms with Crippen molar-refractivity contribution >= 4 is 24.4 Å². The lowest BCUT2D eigenvalue weighted by Crippen LogP contribution is -2.43. The van der Waals surface area contributed by atoms with Crippen molar-refractivity contribution in [2.75, 3.05) is 0 Å². The van der Waals surface area contributed by atoms with E-state index in [4.69, 9.17) is 0 Å². The molecule has 0 amide bonds. The van der Waals surface area contributed by atoms with Gasteiger partial charge >= 0.3 is 0 Å². The molecule has 0 atom stereocenters. The molecule has 3 aromatic carbocycles. The predicted molar refractivity (Wildman–Crippen MR) is 101 cm³/mol. The van der Waals surface area contributed by atoms with Gasteiger partial charge in [-0.15, -0.1) is 0 Å². The molecule has 1 radical (unpaired) electrons. The van der Waals surface area contributed by atoms with Crippen LogP contribution in [-0.2, 0) is 6.42 Å². The fourth-order valence-corrected chi connectivity index (χ4v) is 6.53. The summed E-state index contributed by atoms with van der Waals surface area (Å²) in [5.74, 6) is 0. The topological polar surface area (TPSA) is 0 Å². The zero-order valence-corrected chi connectivity index (χ0v) is 14.3. The number of rotatable bonds is 3. The quantitative estimate of drug-likeness (QED) is 0.644. The van der Waals surface area contributed by atoms with Crippen LogP contribution in [0.2, 0.25) is 0 Å². The number of hydrogen-bond donors (Lipinski definition) is 0. The van der Waals surface area contributed by atoms with Crippen molar-refractivity contribution in [2.24, 2.45) is 0 Å². The van der Waals surface area contributed by atoms with Gasteiger partial charge in [-0.3, -0.25) is 0 Å². The molecule has 0 aromatic heterocycles. The second-order valence-electron chi connectivity index (χ2n) is 6.10. The third-order valence-electron chi connectivity index (χ3n) is 4.54. The van der Waals surface area contributed by atoms with Crippen molar-refractivity contribution < 1.29 is 0 Å². The Morgan fingerprint density at radius 1 is 0.652 bits per heavy atom. The standard InChI is InChI=1S/C22H19Si/c1-17-16-18-10-8-9-15-21(18)22(17)23(19-11-4-2-5-12-19)20-13-6-3-7-14-20/h2-15H,16H2,1H3. The Kier molecular flexibility index (Phi) is 3.72. The minimum Gasteiger partial charge on any atom is -0.0685 e. The van der Waals surface area contributed by atoms with E-state index in [1.165, 1.54) is 27.1 Å². The van der Waals surface area contributed by atoms with Crippen LogP contribution in [0.3, 0.4) is 0 Å². The van der Waals surface area contributed by atoms with Crippen LogP contribution in [0.25, 0.3) is 5.20 Å². The van der Waals surface area contributed by atoms with Crippen molar-refractivity contribution in [1.82, 2.24) is 0 Å². The molecule has 23 heavy (non-hydrogen) atoms. The number of hydrogen-bond acceptors (Lipinski definition) is 0. The van der Waals surface area contributed by atoms with Gasteiger partial charge in [0.25, 0.3) is 0 Å². The first-order chi connectivity index (χ1) is 11.3. The largest absolute Gasteiger partial charge is 0.155 e. The summed E-state index contributed by atoms with van der Waals surface area (Å²) >= 11 is 0. The molecule has 0 unspecified atom stereocenters. The summed E-state index contributed by atoms with van der Waals surface area (Å²) < 4.78 is 0. The lowest BCUT2D eigenvalue weighted by Gasteiger charge is -2.20. The van der Waals surface area contributed by atoms with Crippen LogP contribution in [0.5, 0.6) is 0 Å². The summed E-state index contributed by atoms with van der Waals surface area (Å²) in [4.78, 5) is 0. The van der Waals surface area contributed by atoms with Crippen molar-refractivity contribution in [3.63, 3.8) is 0 Å². The number of fused-ring (bicyclic) bond motifs is 1. The monoisotopic (exact) mass is 311 g/mol. The Balaban J connectivity index is 1.92. The van der Waals surface area contributed by atoms with Gasteiger partial charge in [0, 0.05) is 0 Å². The van der Waals surface area contributed by atoms with Crippen molar-refractivity contribution in [1.29, 1.82) is 0 Å². The Bertz CT molecular complexity index is 808. The van der Waals surface area contributed by atoms with Gasteiger partial charge in [0.05, 0.1) is 0 Å². The van der Waals surface area contributed by atoms with E-state index in [1.807, 2.05) is 0 Å². The maximum atomic E-state index is 2.31. The fraction of sp³-hybridized carbons (Fsp3) is 0.0909. The summed E-state index contributed by atoms with van der Waals surface area (Å²) in [7, 11) is -0.958. The van der Waals surface area contributed by atoms with Crippen molar-refractivity contribution in [3.8, 4) is 0 Å². The Labute approximate surface area is 139 Å². The van der Waals surface area contributed by atoms with Gasteiger partial charge < -0.3 is 0 Å². The molecule has 111 valence electrons. The van der Waals surface area contributed by atoms with Gasteiger partial charge in [0.1, 0.15) is 0 Å². The second kappa shape index (κ2) is 6.02. The molecule has 1 aliphatic rings. The van der Waals surface area contributed by atoms with Crippen molar-refractivity contribution in [2.45, 2.75) is 13.3 Å². The van der Waals surface area contributed by atoms with Gasteiger partial charge in [-0.05, 0) is 29.7 Å². The van der Waals surface area contributed by atoms with E-state index >= 15 is 0 Å². The van der Waals surface area contributed by atoms with Crippen LogP contribution in [0.15, 0.2) is 90.5 Å². The van der Waals surface area contributed by atoms with E-state index in [-0.39, 0.29) is 0 Å². The molecule has 0 bridgehead atoms. The SMILES string of the molecule is CC1=C([Si](c2ccccc2)c2ccccc2)c2ccccc2C1. The minimum absolute atomic E-state index is 0.958. The molecule has 1 aliphatic carbocycles. The molecule has 0 N–H and O–H groups in total. The van der Waals surface area contributed by atoms with E-state index in [9.17, 15) is 0 Å². The van der Waals surface area contributed by atoms with E-state index in [2.05, 4.69) is 91.9 Å². The highest BCUT2D eigenvalue weighted by Crippen LogP contribution is 2.34. The summed E-state index contributed by atoms with van der Waals surface area (Å²) in [6.07, 6.45) is 1.10. The Morgan fingerprint density at radius 3 is 1.78 bits per heavy atom. The first-order valence-electron chi connectivity index (χ1n) is 8.11. The summed E-state index contributed by atoms with van der Waals surface area (Å²) in [6.45, 7) is 2.31. The maximum absolute atomic E-state index is 2.31. The van der Waals surface area contributed by atoms with E-state index < -0.39 is 8.80 Å². The lowest BCUT2D eigenvalue weighted by molar-refractivity contribution is 1.19. The molecular weight excluding hydrogens is 292 g/mol. The highest BCUT2D eigenvalue weighted by atomic mass is 28.3. The van der Waals surface area contributed by atoms with Gasteiger partial charge in [-0.1, -0.05) is 101 Å². The zero-order valence-electron chi connectivity index (χ0n) is 13.3. The van der Waals surface area contributed by atoms with E-state index in [1.54, 1.807) is 5.20 Å². The molecule has 0 saturated heterocycles. The molecular formula is C22H19Si. The van der Waals surface area contributed by atoms with Crippen LogP contribution in [0.1, 0.15) is 18.1 Å². The van der Waals surface area contributed by atoms with Crippen LogP contribution in [0, 0.1) is 0 Å². The van der Waals surface area contributed by atoms with Crippen LogP contribution >= 0.6 is 0 Å². The predicted octanol–water partition coefficient (Wildman–Crippen LogP) is 3.86. The average molecular weight is 311 g/mol. The maximum Gasteiger partial charge on any atom is 0.155 e. The lowest BCUT2D eigenvalue weighted by atomic mass is 10.1. The van der Waals surface area contributed by atoms with Crippen LogP contribution < -0.4 is 10.4 Å². The highest BCUT2D eigenvalue weighted by Gasteiger charge is 2.29. The van der Waals surface area contributed by atoms with Gasteiger partial charge in [0.2, 0.25) is 0 Å². The van der Waals surface area contributed by atoms with Gasteiger partial charge in [-0.25, -0.2) is 0 Å². The second-order valence-corrected chi connectivity index (χ2v) is 8.50. The van der Waals surface area contributed by atoms with Gasteiger partial charge in [-0.2, -0.15) is 0 Å². The first-order valence-corrected chi connectivity index (χ1v) is 9.61. The summed E-state index contributed by atoms with van der Waals surface area (Å²) in [5.41, 5.74) is 4.48. The van der Waals surface area contributed by atoms with Gasteiger partial charge in [0.15, 0.2) is 8.80 Å². The molecule has 0 heterocycles. The third kappa shape index (κ3) is 2.58. The zero-order chi connectivity index (χ0) is 15.6. The van der Waals surface area contributed by atoms with Crippen LogP contribution in [-0.4, -0.2) is 8.80 Å². The molecule has 0 saturated carbocycles. The molecule has 4 rings (SSSR count). The molecule has 1 heteroatoms. The van der Waals surface area contributed by atoms with E-state index in [0.717, 1.165) is 6.42 Å². The number of benzene rings is 3. The molecule has 0 spiro atoms. The highest BCUT2D eigenvalue weighted by molar-refractivity contribution is 7.00. The minimum atomic E-state index is -0.958. The fourth-order valence-electron chi connectivity index (χ4n) is 3.54.